The third-order valence-corrected chi connectivity index (χ3v) is 8.64. The van der Waals surface area contributed by atoms with Crippen LogP contribution in [0.15, 0.2) is 102 Å². The molecule has 1 aliphatic carbocycles. The van der Waals surface area contributed by atoms with E-state index in [4.69, 9.17) is 19.7 Å². The van der Waals surface area contributed by atoms with Crippen molar-refractivity contribution in [2.45, 2.75) is 34.6 Å². The van der Waals surface area contributed by atoms with E-state index in [2.05, 4.69) is 11.6 Å². The molecule has 8 bridgehead atoms. The van der Waals surface area contributed by atoms with Crippen molar-refractivity contribution >= 4 is 47.3 Å². The number of hydrogen-bond acceptors (Lipinski definition) is 7. The van der Waals surface area contributed by atoms with Crippen LogP contribution in [0, 0.1) is 12.8 Å². The summed E-state index contributed by atoms with van der Waals surface area (Å²) in [5.41, 5.74) is 10.0. The van der Waals surface area contributed by atoms with Crippen molar-refractivity contribution in [1.29, 1.82) is 0 Å². The lowest BCUT2D eigenvalue weighted by atomic mass is 9.93. The molecule has 9 heteroatoms. The van der Waals surface area contributed by atoms with Crippen LogP contribution >= 0.6 is 0 Å². The van der Waals surface area contributed by atoms with Crippen LogP contribution in [0.2, 0.25) is 0 Å². The van der Waals surface area contributed by atoms with Gasteiger partial charge in [-0.25, -0.2) is 19.8 Å². The van der Waals surface area contributed by atoms with E-state index in [0.717, 1.165) is 50.5 Å². The zero-order valence-corrected chi connectivity index (χ0v) is 24.7. The predicted octanol–water partition coefficient (Wildman–Crippen LogP) is 4.23. The van der Waals surface area contributed by atoms with Crippen LogP contribution in [0.5, 0.6) is 0 Å². The van der Waals surface area contributed by atoms with Gasteiger partial charge in [0, 0.05) is 39.1 Å². The maximum atomic E-state index is 13.2. The van der Waals surface area contributed by atoms with Crippen LogP contribution in [-0.2, 0) is 14.3 Å². The third-order valence-electron chi connectivity index (χ3n) is 8.64. The number of aliphatic carboxylic acids is 1. The summed E-state index contributed by atoms with van der Waals surface area (Å²) in [5, 5.41) is 22.6. The first-order chi connectivity index (χ1) is 20.5. The molecule has 3 N–H and O–H groups in total. The Hall–Kier alpha value is -5.31. The van der Waals surface area contributed by atoms with Gasteiger partial charge in [0.15, 0.2) is 0 Å². The molecule has 4 aliphatic heterocycles. The second kappa shape index (κ2) is 9.90. The van der Waals surface area contributed by atoms with Crippen molar-refractivity contribution in [1.82, 2.24) is 4.98 Å². The van der Waals surface area contributed by atoms with Gasteiger partial charge in [0.05, 0.1) is 41.3 Å². The summed E-state index contributed by atoms with van der Waals surface area (Å²) < 4.78 is 5.11. The second-order valence-corrected chi connectivity index (χ2v) is 10.9. The topological polar surface area (TPSA) is 137 Å². The zero-order chi connectivity index (χ0) is 30.9. The van der Waals surface area contributed by atoms with Gasteiger partial charge in [0.1, 0.15) is 11.7 Å². The van der Waals surface area contributed by atoms with E-state index in [9.17, 15) is 19.8 Å². The number of aromatic amines is 1. The van der Waals surface area contributed by atoms with Crippen molar-refractivity contribution < 1.29 is 24.5 Å². The molecule has 1 atom stereocenters. The van der Waals surface area contributed by atoms with Crippen molar-refractivity contribution in [3.05, 3.63) is 108 Å². The summed E-state index contributed by atoms with van der Waals surface area (Å²) in [4.78, 5) is 43.0. The maximum Gasteiger partial charge on any atom is 0.328 e. The number of nitrogens with one attached hydrogen (secondary N) is 1. The number of methoxy groups -OCH3 is 1. The number of carboxylic acids is 1. The van der Waals surface area contributed by atoms with Gasteiger partial charge >= 0.3 is 11.9 Å². The van der Waals surface area contributed by atoms with E-state index in [0.29, 0.717) is 50.7 Å². The summed E-state index contributed by atoms with van der Waals surface area (Å²) in [6.45, 7) is 13.7. The summed E-state index contributed by atoms with van der Waals surface area (Å²) >= 11 is 0. The van der Waals surface area contributed by atoms with Gasteiger partial charge in [-0.15, -0.1) is 0 Å². The number of aliphatic hydroxyl groups is 1. The van der Waals surface area contributed by atoms with Gasteiger partial charge in [-0.2, -0.15) is 0 Å². The van der Waals surface area contributed by atoms with Gasteiger partial charge in [0.25, 0.3) is 0 Å². The van der Waals surface area contributed by atoms with E-state index in [-0.39, 0.29) is 5.76 Å². The average Bonchev–Trinajstić information content (AvgIpc) is 3.70. The molecule has 1 aromatic heterocycles. The fraction of sp³-hybridized carbons (Fsp3) is 0.206. The molecule has 43 heavy (non-hydrogen) atoms. The number of nitrogens with zero attached hydrogens (tertiary/aromatic N) is 3. The summed E-state index contributed by atoms with van der Waals surface area (Å²) in [6, 6.07) is 0. The number of aliphatic imine (C=N–C) groups is 3. The van der Waals surface area contributed by atoms with Gasteiger partial charge in [0.2, 0.25) is 0 Å². The summed E-state index contributed by atoms with van der Waals surface area (Å²) in [5.74, 6) is -3.17. The molecule has 0 saturated carbocycles. The molecule has 0 aromatic carbocycles. The van der Waals surface area contributed by atoms with Crippen LogP contribution in [0.25, 0.3) is 18.2 Å². The van der Waals surface area contributed by atoms with Gasteiger partial charge in [-0.3, -0.25) is 4.79 Å². The molecule has 0 radical (unpaired) electrons. The highest BCUT2D eigenvalue weighted by atomic mass is 16.5. The van der Waals surface area contributed by atoms with Crippen LogP contribution in [-0.4, -0.2) is 51.4 Å². The molecule has 6 rings (SSSR count). The molecule has 216 valence electrons. The Balaban J connectivity index is 1.77. The second-order valence-electron chi connectivity index (χ2n) is 10.9. The molecule has 0 unspecified atom stereocenters. The molecule has 9 nitrogen and oxygen atoms in total. The standard InChI is InChI=1S/C34H30N4O5/c1-8-19-16(4)23-11-21-14(2)15(3)22(35-21)12-24-17(5)20(9-10-27(39)40)31(37-24)29-30(34(42)43-7)33(41)28-18(6)25(38-32(28)29)13-26(19)36-23/h8-13,30,36,41H,1H2,2-7H3,(H,39,40)/b10-9+,22-12?,23-11?,26-13?,31-29?/t30-/m1/s1. The molecule has 5 aliphatic rings. The van der Waals surface area contributed by atoms with E-state index >= 15 is 0 Å². The number of H-pyrrole nitrogens is 1. The average molecular weight is 575 g/mol. The van der Waals surface area contributed by atoms with Crippen LogP contribution in [0.3, 0.4) is 0 Å². The van der Waals surface area contributed by atoms with E-state index in [1.54, 1.807) is 6.08 Å². The lowest BCUT2D eigenvalue weighted by Gasteiger charge is -2.14. The number of hydrogen-bond donors (Lipinski definition) is 3. The fourth-order valence-corrected chi connectivity index (χ4v) is 6.05. The van der Waals surface area contributed by atoms with Crippen LogP contribution in [0.1, 0.15) is 38.8 Å². The minimum absolute atomic E-state index is 0.184. The molecular weight excluding hydrogens is 544 g/mol. The van der Waals surface area contributed by atoms with E-state index < -0.39 is 17.9 Å². The first-order valence-electron chi connectivity index (χ1n) is 13.8. The Kier molecular flexibility index (Phi) is 6.41. The monoisotopic (exact) mass is 574 g/mol. The van der Waals surface area contributed by atoms with Crippen molar-refractivity contribution in [3.63, 3.8) is 0 Å². The number of esters is 1. The van der Waals surface area contributed by atoms with E-state index in [1.165, 1.54) is 13.2 Å². The van der Waals surface area contributed by atoms with Crippen molar-refractivity contribution in [2.24, 2.45) is 20.9 Å². The Morgan fingerprint density at radius 1 is 0.953 bits per heavy atom. The molecule has 5 heterocycles. The Labute approximate surface area is 247 Å². The lowest BCUT2D eigenvalue weighted by molar-refractivity contribution is -0.143. The summed E-state index contributed by atoms with van der Waals surface area (Å²) in [7, 11) is 1.26. The summed E-state index contributed by atoms with van der Waals surface area (Å²) in [6.07, 6.45) is 10.1. The molecule has 0 fully saturated rings. The highest BCUT2D eigenvalue weighted by Crippen LogP contribution is 2.47. The third kappa shape index (κ3) is 4.11. The van der Waals surface area contributed by atoms with Crippen molar-refractivity contribution in [3.8, 4) is 0 Å². The quantitative estimate of drug-likeness (QED) is 0.365. The minimum atomic E-state index is -1.18. The van der Waals surface area contributed by atoms with E-state index in [1.807, 2.05) is 52.8 Å². The van der Waals surface area contributed by atoms with Gasteiger partial charge in [-0.05, 0) is 86.8 Å². The normalized spacial score (nSPS) is 20.9. The highest BCUT2D eigenvalue weighted by Gasteiger charge is 2.47. The number of aliphatic hydroxyl groups excluding tert-OH is 1. The number of carbonyl (C=O) groups is 2. The highest BCUT2D eigenvalue weighted by molar-refractivity contribution is 6.26. The number of ether oxygens (including phenoxy) is 1. The van der Waals surface area contributed by atoms with Crippen LogP contribution in [0.4, 0.5) is 0 Å². The number of carbonyl (C=O) groups excluding carboxylic acids is 1. The first-order valence-corrected chi connectivity index (χ1v) is 13.8. The number of rotatable bonds is 4. The van der Waals surface area contributed by atoms with Gasteiger partial charge < -0.3 is 19.9 Å². The Morgan fingerprint density at radius 2 is 1.67 bits per heavy atom. The number of allylic oxidation sites excluding steroid dienone is 8. The smallest absolute Gasteiger partial charge is 0.328 e. The predicted molar refractivity (Wildman–Crippen MR) is 167 cm³/mol. The van der Waals surface area contributed by atoms with Crippen molar-refractivity contribution in [2.75, 3.05) is 7.11 Å². The Morgan fingerprint density at radius 3 is 2.35 bits per heavy atom. The largest absolute Gasteiger partial charge is 0.510 e. The first kappa shape index (κ1) is 27.8. The zero-order valence-electron chi connectivity index (χ0n) is 24.7. The molecule has 1 aromatic rings. The number of carboxylic acid groups (broad SMARTS) is 1. The lowest BCUT2D eigenvalue weighted by Crippen LogP contribution is -2.20. The minimum Gasteiger partial charge on any atom is -0.510 e. The van der Waals surface area contributed by atoms with Crippen LogP contribution < -0.4 is 10.7 Å². The molecule has 0 saturated heterocycles. The number of aromatic nitrogens is 1. The fourth-order valence-electron chi connectivity index (χ4n) is 6.05. The number of fused-ring (bicyclic) bond motifs is 5. The Bertz CT molecular complexity index is 2060. The maximum absolute atomic E-state index is 13.2. The van der Waals surface area contributed by atoms with Gasteiger partial charge in [-0.1, -0.05) is 12.7 Å². The molecule has 0 amide bonds. The SMILES string of the molecule is C=Cc1c(C)c2[nH]c1=CC1=C(C)C3=C(O)[C@H](C(=O)OC)C(=C4N=C(C=C5N=C(C=2)C(C)=C5C)C(C)=C4/C=C/C(=O)O)C3=N1. The molecule has 0 spiro atoms. The molecular formula is C34H30N4O5.